The van der Waals surface area contributed by atoms with E-state index in [1.54, 1.807) is 6.92 Å². The fraction of sp³-hybridized carbons (Fsp3) is 0.222. The molecule has 0 amide bonds. The third-order valence-electron chi connectivity index (χ3n) is 1.77. The zero-order valence-corrected chi connectivity index (χ0v) is 11.8. The van der Waals surface area contributed by atoms with Crippen LogP contribution in [0.15, 0.2) is 6.07 Å². The van der Waals surface area contributed by atoms with Crippen molar-refractivity contribution in [3.8, 4) is 0 Å². The molecule has 2 unspecified atom stereocenters. The van der Waals surface area contributed by atoms with Crippen molar-refractivity contribution < 1.29 is 4.79 Å². The molecular weight excluding hydrogens is 297 g/mol. The fourth-order valence-electron chi connectivity index (χ4n) is 1.02. The molecule has 0 bridgehead atoms. The van der Waals surface area contributed by atoms with Crippen LogP contribution in [0.25, 0.3) is 0 Å². The normalized spacial score (nSPS) is 12.7. The molecular formula is C9H7Cl4OP. The van der Waals surface area contributed by atoms with Gasteiger partial charge in [0.05, 0.1) is 25.7 Å². The van der Waals surface area contributed by atoms with Gasteiger partial charge >= 0.3 is 0 Å². The number of halogens is 4. The summed E-state index contributed by atoms with van der Waals surface area (Å²) >= 11 is 23.4. The van der Waals surface area contributed by atoms with Gasteiger partial charge in [0.25, 0.3) is 0 Å². The van der Waals surface area contributed by atoms with Crippen LogP contribution in [-0.2, 0) is 0 Å². The van der Waals surface area contributed by atoms with E-state index in [-0.39, 0.29) is 37.1 Å². The smallest absolute Gasteiger partial charge is 0.172 e. The molecule has 0 aromatic heterocycles. The van der Waals surface area contributed by atoms with E-state index >= 15 is 0 Å². The number of benzene rings is 1. The van der Waals surface area contributed by atoms with Crippen LogP contribution in [0.4, 0.5) is 0 Å². The minimum absolute atomic E-state index is 0.144. The van der Waals surface area contributed by atoms with Crippen LogP contribution in [0.5, 0.6) is 0 Å². The molecule has 1 nitrogen and oxygen atoms in total. The number of hydrogen-bond acceptors (Lipinski definition) is 1. The second kappa shape index (κ2) is 5.21. The van der Waals surface area contributed by atoms with Gasteiger partial charge in [0, 0.05) is 5.66 Å². The van der Waals surface area contributed by atoms with E-state index in [2.05, 4.69) is 9.24 Å². The van der Waals surface area contributed by atoms with Crippen molar-refractivity contribution in [2.75, 3.05) is 0 Å². The molecule has 6 heteroatoms. The fourth-order valence-corrected chi connectivity index (χ4v) is 2.18. The van der Waals surface area contributed by atoms with Crippen LogP contribution >= 0.6 is 55.6 Å². The molecule has 0 radical (unpaired) electrons. The maximum Gasteiger partial charge on any atom is 0.172 e. The lowest BCUT2D eigenvalue weighted by atomic mass is 10.1. The van der Waals surface area contributed by atoms with Crippen LogP contribution in [0.1, 0.15) is 17.3 Å². The minimum atomic E-state index is -0.297. The largest absolute Gasteiger partial charge is 0.293 e. The number of rotatable bonds is 2. The summed E-state index contributed by atoms with van der Waals surface area (Å²) in [5, 5.41) is 0.732. The highest BCUT2D eigenvalue weighted by atomic mass is 35.5. The Morgan fingerprint density at radius 2 is 1.60 bits per heavy atom. The summed E-state index contributed by atoms with van der Waals surface area (Å²) in [5.41, 5.74) is -0.118. The Kier molecular flexibility index (Phi) is 4.70. The minimum Gasteiger partial charge on any atom is -0.293 e. The summed E-state index contributed by atoms with van der Waals surface area (Å²) in [6.45, 7) is 1.72. The molecule has 82 valence electrons. The SMILES string of the molecule is CC(P)C(=O)c1c(Cl)c(Cl)cc(Cl)c1Cl. The number of Topliss-reactive ketones (excluding diaryl/α,β-unsaturated/α-hetero) is 1. The van der Waals surface area contributed by atoms with Gasteiger partial charge in [-0.05, 0) is 6.07 Å². The first-order valence-electron chi connectivity index (χ1n) is 3.99. The molecule has 15 heavy (non-hydrogen) atoms. The highest BCUT2D eigenvalue weighted by Gasteiger charge is 2.22. The van der Waals surface area contributed by atoms with E-state index in [4.69, 9.17) is 46.4 Å². The lowest BCUT2D eigenvalue weighted by Crippen LogP contribution is -2.11. The molecule has 0 heterocycles. The third kappa shape index (κ3) is 2.78. The second-order valence-electron chi connectivity index (χ2n) is 3.00. The van der Waals surface area contributed by atoms with E-state index in [1.165, 1.54) is 6.07 Å². The lowest BCUT2D eigenvalue weighted by Gasteiger charge is -2.11. The Balaban J connectivity index is 3.46. The van der Waals surface area contributed by atoms with Gasteiger partial charge in [-0.25, -0.2) is 0 Å². The summed E-state index contributed by atoms with van der Waals surface area (Å²) in [6.07, 6.45) is 0. The van der Waals surface area contributed by atoms with Crippen LogP contribution in [0.3, 0.4) is 0 Å². The van der Waals surface area contributed by atoms with Gasteiger partial charge in [-0.15, -0.1) is 9.24 Å². The van der Waals surface area contributed by atoms with Crippen molar-refractivity contribution in [3.05, 3.63) is 31.7 Å². The Morgan fingerprint density at radius 1 is 1.20 bits per heavy atom. The van der Waals surface area contributed by atoms with Gasteiger partial charge in [-0.3, -0.25) is 4.79 Å². The number of hydrogen-bond donors (Lipinski definition) is 0. The van der Waals surface area contributed by atoms with Crippen molar-refractivity contribution in [1.29, 1.82) is 0 Å². The molecule has 0 spiro atoms. The van der Waals surface area contributed by atoms with Gasteiger partial charge in [0.1, 0.15) is 0 Å². The van der Waals surface area contributed by atoms with E-state index in [9.17, 15) is 4.79 Å². The lowest BCUT2D eigenvalue weighted by molar-refractivity contribution is 0.0994. The summed E-state index contributed by atoms with van der Waals surface area (Å²) in [7, 11) is 2.37. The summed E-state index contributed by atoms with van der Waals surface area (Å²) < 4.78 is 0. The Labute approximate surface area is 110 Å². The standard InChI is InChI=1S/C9H7Cl4OP/c1-3(15)9(14)6-7(12)4(10)2-5(11)8(6)13/h2-3H,15H2,1H3. The predicted octanol–water partition coefficient (Wildman–Crippen LogP) is 4.75. The second-order valence-corrected chi connectivity index (χ2v) is 5.57. The molecule has 2 atom stereocenters. The Morgan fingerprint density at radius 3 is 1.93 bits per heavy atom. The highest BCUT2D eigenvalue weighted by Crippen LogP contribution is 2.38. The molecule has 0 aliphatic carbocycles. The maximum absolute atomic E-state index is 11.8. The average molecular weight is 304 g/mol. The van der Waals surface area contributed by atoms with Crippen LogP contribution < -0.4 is 0 Å². The number of carbonyl (C=O) groups is 1. The van der Waals surface area contributed by atoms with Crippen molar-refractivity contribution in [1.82, 2.24) is 0 Å². The quantitative estimate of drug-likeness (QED) is 0.438. The van der Waals surface area contributed by atoms with Gasteiger partial charge in [0.15, 0.2) is 5.78 Å². The van der Waals surface area contributed by atoms with Crippen molar-refractivity contribution in [2.45, 2.75) is 12.6 Å². The summed E-state index contributed by atoms with van der Waals surface area (Å²) in [6, 6.07) is 1.41. The molecule has 1 aromatic carbocycles. The zero-order chi connectivity index (χ0) is 11.7. The molecule has 0 fully saturated rings. The van der Waals surface area contributed by atoms with E-state index in [0.29, 0.717) is 0 Å². The number of carbonyl (C=O) groups excluding carboxylic acids is 1. The molecule has 0 N–H and O–H groups in total. The Bertz CT molecular complexity index is 391. The van der Waals surface area contributed by atoms with Gasteiger partial charge in [-0.1, -0.05) is 53.3 Å². The highest BCUT2D eigenvalue weighted by molar-refractivity contribution is 7.19. The topological polar surface area (TPSA) is 17.1 Å². The molecule has 0 aliphatic rings. The van der Waals surface area contributed by atoms with Crippen LogP contribution in [0.2, 0.25) is 20.1 Å². The summed E-state index contributed by atoms with van der Waals surface area (Å²) in [5.74, 6) is -0.209. The van der Waals surface area contributed by atoms with Crippen molar-refractivity contribution in [3.63, 3.8) is 0 Å². The molecule has 1 rings (SSSR count). The molecule has 0 saturated heterocycles. The van der Waals surface area contributed by atoms with Crippen molar-refractivity contribution >= 4 is 61.4 Å². The third-order valence-corrected chi connectivity index (χ3v) is 3.65. The van der Waals surface area contributed by atoms with E-state index in [0.717, 1.165) is 0 Å². The van der Waals surface area contributed by atoms with Crippen molar-refractivity contribution in [2.24, 2.45) is 0 Å². The van der Waals surface area contributed by atoms with Gasteiger partial charge < -0.3 is 0 Å². The van der Waals surface area contributed by atoms with Crippen LogP contribution in [0, 0.1) is 0 Å². The van der Waals surface area contributed by atoms with E-state index < -0.39 is 0 Å². The molecule has 1 aromatic rings. The summed E-state index contributed by atoms with van der Waals surface area (Å²) in [4.78, 5) is 11.8. The van der Waals surface area contributed by atoms with Gasteiger partial charge in [0.2, 0.25) is 0 Å². The Hall–Kier alpha value is 0.480. The van der Waals surface area contributed by atoms with Gasteiger partial charge in [-0.2, -0.15) is 0 Å². The molecule has 0 saturated carbocycles. The first-order chi connectivity index (χ1) is 6.86. The first-order valence-corrected chi connectivity index (χ1v) is 6.17. The predicted molar refractivity (Wildman–Crippen MR) is 70.0 cm³/mol. The molecule has 0 aliphatic heterocycles. The number of ketones is 1. The van der Waals surface area contributed by atoms with Crippen LogP contribution in [-0.4, -0.2) is 11.4 Å². The van der Waals surface area contributed by atoms with E-state index in [1.807, 2.05) is 0 Å². The maximum atomic E-state index is 11.8. The average Bonchev–Trinajstić information content (AvgIpc) is 2.15. The zero-order valence-electron chi connectivity index (χ0n) is 7.65. The first kappa shape index (κ1) is 13.5. The monoisotopic (exact) mass is 302 g/mol.